The van der Waals surface area contributed by atoms with Crippen LogP contribution in [0.5, 0.6) is 5.88 Å². The molecule has 0 aromatic carbocycles. The van der Waals surface area contributed by atoms with E-state index in [9.17, 15) is 4.79 Å². The Labute approximate surface area is 129 Å². The maximum Gasteiger partial charge on any atom is 0.318 e. The summed E-state index contributed by atoms with van der Waals surface area (Å²) in [4.78, 5) is 18.6. The number of aromatic nitrogens is 2. The Morgan fingerprint density at radius 2 is 2.23 bits per heavy atom. The molecule has 22 heavy (non-hydrogen) atoms. The van der Waals surface area contributed by atoms with Crippen LogP contribution in [-0.4, -0.2) is 34.1 Å². The number of carbonyl (C=O) groups is 1. The van der Waals surface area contributed by atoms with Crippen LogP contribution >= 0.6 is 0 Å². The van der Waals surface area contributed by atoms with Crippen LogP contribution in [0.3, 0.4) is 0 Å². The van der Waals surface area contributed by atoms with E-state index < -0.39 is 0 Å². The Hall–Kier alpha value is -2.50. The van der Waals surface area contributed by atoms with Crippen molar-refractivity contribution in [2.75, 3.05) is 13.7 Å². The summed E-state index contributed by atoms with van der Waals surface area (Å²) in [5, 5.41) is 2.93. The van der Waals surface area contributed by atoms with E-state index in [1.807, 2.05) is 30.0 Å². The van der Waals surface area contributed by atoms with Gasteiger partial charge < -0.3 is 19.5 Å². The second-order valence-corrected chi connectivity index (χ2v) is 5.33. The summed E-state index contributed by atoms with van der Waals surface area (Å²) < 4.78 is 7.28. The highest BCUT2D eigenvalue weighted by Gasteiger charge is 2.27. The Kier molecular flexibility index (Phi) is 4.00. The van der Waals surface area contributed by atoms with Crippen LogP contribution in [0.4, 0.5) is 4.79 Å². The monoisotopic (exact) mass is 300 g/mol. The molecule has 0 bridgehead atoms. The van der Waals surface area contributed by atoms with Gasteiger partial charge in [0.15, 0.2) is 0 Å². The molecule has 2 aromatic heterocycles. The van der Waals surface area contributed by atoms with E-state index in [0.717, 1.165) is 12.2 Å². The predicted octanol–water partition coefficient (Wildman–Crippen LogP) is 2.18. The number of carbonyl (C=O) groups excluding carboxylic acids is 1. The summed E-state index contributed by atoms with van der Waals surface area (Å²) in [5.74, 6) is 0.552. The van der Waals surface area contributed by atoms with E-state index in [4.69, 9.17) is 4.74 Å². The summed E-state index contributed by atoms with van der Waals surface area (Å²) in [7, 11) is 1.58. The van der Waals surface area contributed by atoms with E-state index in [1.165, 1.54) is 5.69 Å². The first-order valence-electron chi connectivity index (χ1n) is 7.38. The standard InChI is InChI=1S/C16H20N4O2/c1-12-14-6-4-8-19(14)9-10-20(12)16(21)17-11-13-5-3-7-15(18-13)22-2/h3-8,12H,9-11H2,1-2H3,(H,17,21)/t12-/m0/s1. The zero-order valence-corrected chi connectivity index (χ0v) is 12.8. The number of rotatable bonds is 3. The zero-order chi connectivity index (χ0) is 15.5. The van der Waals surface area contributed by atoms with Crippen LogP contribution in [0, 0.1) is 0 Å². The van der Waals surface area contributed by atoms with E-state index >= 15 is 0 Å². The van der Waals surface area contributed by atoms with Crippen molar-refractivity contribution in [1.29, 1.82) is 0 Å². The first kappa shape index (κ1) is 14.4. The summed E-state index contributed by atoms with van der Waals surface area (Å²) in [6.07, 6.45) is 2.06. The van der Waals surface area contributed by atoms with E-state index in [-0.39, 0.29) is 12.1 Å². The van der Waals surface area contributed by atoms with Crippen molar-refractivity contribution in [3.63, 3.8) is 0 Å². The van der Waals surface area contributed by atoms with Crippen LogP contribution in [0.1, 0.15) is 24.4 Å². The number of methoxy groups -OCH3 is 1. The van der Waals surface area contributed by atoms with Crippen molar-refractivity contribution >= 4 is 6.03 Å². The molecular weight excluding hydrogens is 280 g/mol. The highest BCUT2D eigenvalue weighted by molar-refractivity contribution is 5.74. The van der Waals surface area contributed by atoms with E-state index in [0.29, 0.717) is 19.0 Å². The summed E-state index contributed by atoms with van der Waals surface area (Å²) in [6, 6.07) is 9.61. The van der Waals surface area contributed by atoms with Crippen molar-refractivity contribution in [2.45, 2.75) is 26.1 Å². The summed E-state index contributed by atoms with van der Waals surface area (Å²) in [6.45, 7) is 3.98. The predicted molar refractivity (Wildman–Crippen MR) is 82.6 cm³/mol. The highest BCUT2D eigenvalue weighted by atomic mass is 16.5. The van der Waals surface area contributed by atoms with Gasteiger partial charge in [0.2, 0.25) is 5.88 Å². The normalized spacial score (nSPS) is 17.0. The Balaban J connectivity index is 1.63. The number of amides is 2. The number of nitrogens with one attached hydrogen (secondary N) is 1. The van der Waals surface area contributed by atoms with Crippen LogP contribution in [-0.2, 0) is 13.1 Å². The average Bonchev–Trinajstić information content (AvgIpc) is 3.03. The number of nitrogens with zero attached hydrogens (tertiary/aromatic N) is 3. The van der Waals surface area contributed by atoms with Crippen molar-refractivity contribution < 1.29 is 9.53 Å². The van der Waals surface area contributed by atoms with Gasteiger partial charge in [-0.3, -0.25) is 0 Å². The number of urea groups is 1. The molecule has 0 aliphatic carbocycles. The third-order valence-corrected chi connectivity index (χ3v) is 4.01. The molecule has 6 heteroatoms. The maximum atomic E-state index is 12.4. The van der Waals surface area contributed by atoms with Gasteiger partial charge in [0.1, 0.15) is 0 Å². The lowest BCUT2D eigenvalue weighted by atomic mass is 10.1. The van der Waals surface area contributed by atoms with Gasteiger partial charge in [0, 0.05) is 31.0 Å². The molecule has 0 saturated heterocycles. The topological polar surface area (TPSA) is 59.4 Å². The fourth-order valence-electron chi connectivity index (χ4n) is 2.79. The second kappa shape index (κ2) is 6.09. The SMILES string of the molecule is COc1cccc(CNC(=O)N2CCn3cccc3[C@@H]2C)n1. The Morgan fingerprint density at radius 3 is 3.05 bits per heavy atom. The lowest BCUT2D eigenvalue weighted by Crippen LogP contribution is -2.45. The number of ether oxygens (including phenoxy) is 1. The first-order chi connectivity index (χ1) is 10.7. The maximum absolute atomic E-state index is 12.4. The third-order valence-electron chi connectivity index (χ3n) is 4.01. The van der Waals surface area contributed by atoms with Crippen molar-refractivity contribution in [3.05, 3.63) is 47.9 Å². The fraction of sp³-hybridized carbons (Fsp3) is 0.375. The molecule has 0 radical (unpaired) electrons. The minimum Gasteiger partial charge on any atom is -0.481 e. The van der Waals surface area contributed by atoms with Crippen LogP contribution < -0.4 is 10.1 Å². The van der Waals surface area contributed by atoms with Crippen LogP contribution in [0.25, 0.3) is 0 Å². The van der Waals surface area contributed by atoms with Crippen molar-refractivity contribution in [2.24, 2.45) is 0 Å². The van der Waals surface area contributed by atoms with Gasteiger partial charge in [-0.2, -0.15) is 0 Å². The number of hydrogen-bond donors (Lipinski definition) is 1. The molecule has 0 unspecified atom stereocenters. The fourth-order valence-corrected chi connectivity index (χ4v) is 2.79. The average molecular weight is 300 g/mol. The summed E-state index contributed by atoms with van der Waals surface area (Å²) >= 11 is 0. The molecule has 1 N–H and O–H groups in total. The first-order valence-corrected chi connectivity index (χ1v) is 7.38. The minimum absolute atomic E-state index is 0.0652. The lowest BCUT2D eigenvalue weighted by Gasteiger charge is -2.34. The zero-order valence-electron chi connectivity index (χ0n) is 12.8. The molecular formula is C16H20N4O2. The van der Waals surface area contributed by atoms with E-state index in [2.05, 4.69) is 27.1 Å². The molecule has 0 spiro atoms. The molecule has 1 aliphatic rings. The van der Waals surface area contributed by atoms with Gasteiger partial charge in [-0.1, -0.05) is 6.07 Å². The largest absolute Gasteiger partial charge is 0.481 e. The van der Waals surface area contributed by atoms with Crippen molar-refractivity contribution in [1.82, 2.24) is 19.8 Å². The van der Waals surface area contributed by atoms with Gasteiger partial charge in [0.25, 0.3) is 0 Å². The van der Waals surface area contributed by atoms with E-state index in [1.54, 1.807) is 13.2 Å². The Morgan fingerprint density at radius 1 is 1.36 bits per heavy atom. The molecule has 1 aliphatic heterocycles. The number of hydrogen-bond acceptors (Lipinski definition) is 3. The van der Waals surface area contributed by atoms with Crippen molar-refractivity contribution in [3.8, 4) is 5.88 Å². The molecule has 0 saturated carbocycles. The smallest absolute Gasteiger partial charge is 0.318 e. The molecule has 3 rings (SSSR count). The van der Waals surface area contributed by atoms with Gasteiger partial charge >= 0.3 is 6.03 Å². The molecule has 2 aromatic rings. The van der Waals surface area contributed by atoms with Crippen LogP contribution in [0.2, 0.25) is 0 Å². The molecule has 0 fully saturated rings. The molecule has 6 nitrogen and oxygen atoms in total. The Bertz CT molecular complexity index is 668. The number of fused-ring (bicyclic) bond motifs is 1. The van der Waals surface area contributed by atoms with Gasteiger partial charge in [-0.25, -0.2) is 9.78 Å². The molecule has 116 valence electrons. The van der Waals surface area contributed by atoms with Gasteiger partial charge in [-0.15, -0.1) is 0 Å². The lowest BCUT2D eigenvalue weighted by molar-refractivity contribution is 0.162. The van der Waals surface area contributed by atoms with Gasteiger partial charge in [-0.05, 0) is 25.1 Å². The minimum atomic E-state index is -0.0652. The summed E-state index contributed by atoms with van der Waals surface area (Å²) in [5.41, 5.74) is 1.95. The molecule has 2 amide bonds. The second-order valence-electron chi connectivity index (χ2n) is 5.33. The number of pyridine rings is 1. The van der Waals surface area contributed by atoms with Gasteiger partial charge in [0.05, 0.1) is 25.4 Å². The quantitative estimate of drug-likeness (QED) is 0.945. The highest BCUT2D eigenvalue weighted by Crippen LogP contribution is 2.25. The third kappa shape index (κ3) is 2.77. The molecule has 3 heterocycles. The molecule has 1 atom stereocenters. The van der Waals surface area contributed by atoms with Crippen LogP contribution in [0.15, 0.2) is 36.5 Å².